The summed E-state index contributed by atoms with van der Waals surface area (Å²) in [7, 11) is 0. The molecule has 0 amide bonds. The van der Waals surface area contributed by atoms with Crippen molar-refractivity contribution in [2.75, 3.05) is 0 Å². The van der Waals surface area contributed by atoms with E-state index in [0.29, 0.717) is 0 Å². The zero-order chi connectivity index (χ0) is 10.1. The maximum absolute atomic E-state index is 10.6. The van der Waals surface area contributed by atoms with Crippen molar-refractivity contribution >= 4 is 5.97 Å². The highest BCUT2D eigenvalue weighted by Crippen LogP contribution is 2.03. The minimum Gasteiger partial charge on any atom is -0.453 e. The van der Waals surface area contributed by atoms with E-state index in [9.17, 15) is 4.79 Å². The second-order valence-corrected chi connectivity index (χ2v) is 2.68. The molecule has 0 saturated heterocycles. The molecule has 0 aromatic carbocycles. The van der Waals surface area contributed by atoms with Crippen LogP contribution in [0.2, 0.25) is 0 Å². The Balaban J connectivity index is 3.50. The summed E-state index contributed by atoms with van der Waals surface area (Å²) in [5.41, 5.74) is 0. The third-order valence-corrected chi connectivity index (χ3v) is 1.52. The molecule has 0 fully saturated rings. The van der Waals surface area contributed by atoms with Crippen LogP contribution < -0.4 is 0 Å². The Morgan fingerprint density at radius 3 is 2.85 bits per heavy atom. The van der Waals surface area contributed by atoms with Crippen molar-refractivity contribution in [2.24, 2.45) is 0 Å². The lowest BCUT2D eigenvalue weighted by Crippen LogP contribution is -2.12. The fraction of sp³-hybridized carbons (Fsp3) is 0.545. The number of rotatable bonds is 4. The molecule has 1 atom stereocenters. The van der Waals surface area contributed by atoms with Crippen molar-refractivity contribution in [3.8, 4) is 24.2 Å². The van der Waals surface area contributed by atoms with Crippen molar-refractivity contribution < 1.29 is 9.53 Å². The first-order chi connectivity index (χ1) is 6.20. The number of ether oxygens (including phenoxy) is 1. The summed E-state index contributed by atoms with van der Waals surface area (Å²) in [5.74, 6) is 7.06. The number of hydrogen-bond acceptors (Lipinski definition) is 2. The van der Waals surface area contributed by atoms with Gasteiger partial charge in [-0.1, -0.05) is 0 Å². The van der Waals surface area contributed by atoms with Crippen LogP contribution in [-0.4, -0.2) is 12.1 Å². The maximum Gasteiger partial charge on any atom is 0.384 e. The van der Waals surface area contributed by atoms with Crippen LogP contribution in [0, 0.1) is 24.2 Å². The van der Waals surface area contributed by atoms with Crippen LogP contribution >= 0.6 is 0 Å². The molecule has 0 rings (SSSR count). The lowest BCUT2D eigenvalue weighted by atomic mass is 10.2. The van der Waals surface area contributed by atoms with Crippen molar-refractivity contribution in [2.45, 2.75) is 39.2 Å². The molecule has 13 heavy (non-hydrogen) atoms. The molecule has 0 unspecified atom stereocenters. The van der Waals surface area contributed by atoms with Crippen molar-refractivity contribution in [1.29, 1.82) is 0 Å². The van der Waals surface area contributed by atoms with Gasteiger partial charge in [-0.15, -0.1) is 18.3 Å². The van der Waals surface area contributed by atoms with Crippen LogP contribution in [0.25, 0.3) is 0 Å². The lowest BCUT2D eigenvalue weighted by molar-refractivity contribution is -0.141. The number of carbonyl (C=O) groups excluding carboxylic acids is 1. The zero-order valence-electron chi connectivity index (χ0n) is 8.09. The molecule has 0 saturated carbocycles. The number of unbranched alkanes of at least 4 members (excludes halogenated alkanes) is 1. The summed E-state index contributed by atoms with van der Waals surface area (Å²) >= 11 is 0. The zero-order valence-corrected chi connectivity index (χ0v) is 8.09. The van der Waals surface area contributed by atoms with Gasteiger partial charge in [0.15, 0.2) is 0 Å². The summed E-state index contributed by atoms with van der Waals surface area (Å²) in [6.07, 6.45) is 7.32. The predicted molar refractivity (Wildman–Crippen MR) is 51.7 cm³/mol. The Morgan fingerprint density at radius 2 is 2.31 bits per heavy atom. The normalized spacial score (nSPS) is 10.5. The molecule has 0 aliphatic carbocycles. The van der Waals surface area contributed by atoms with Gasteiger partial charge >= 0.3 is 5.97 Å². The molecule has 0 aromatic rings. The average molecular weight is 178 g/mol. The van der Waals surface area contributed by atoms with E-state index in [-0.39, 0.29) is 6.10 Å². The van der Waals surface area contributed by atoms with Crippen molar-refractivity contribution in [3.05, 3.63) is 0 Å². The SMILES string of the molecule is C#CC(=O)O[C@H](C)CCCC#CC. The second-order valence-electron chi connectivity index (χ2n) is 2.68. The lowest BCUT2D eigenvalue weighted by Gasteiger charge is -2.09. The molecule has 0 heterocycles. The number of terminal acetylenes is 1. The number of carbonyl (C=O) groups is 1. The van der Waals surface area contributed by atoms with E-state index in [1.54, 1.807) is 0 Å². The molecule has 0 aromatic heterocycles. The van der Waals surface area contributed by atoms with E-state index < -0.39 is 5.97 Å². The molecular formula is C11H14O2. The van der Waals surface area contributed by atoms with Crippen LogP contribution in [0.5, 0.6) is 0 Å². The van der Waals surface area contributed by atoms with Crippen LogP contribution in [0.1, 0.15) is 33.1 Å². The Bertz CT molecular complexity index is 249. The molecule has 0 bridgehead atoms. The summed E-state index contributed by atoms with van der Waals surface area (Å²) in [6.45, 7) is 3.64. The highest BCUT2D eigenvalue weighted by atomic mass is 16.5. The van der Waals surface area contributed by atoms with Crippen LogP contribution in [0.4, 0.5) is 0 Å². The van der Waals surface area contributed by atoms with E-state index in [0.717, 1.165) is 19.3 Å². The Morgan fingerprint density at radius 1 is 1.62 bits per heavy atom. The predicted octanol–water partition coefficient (Wildman–Crippen LogP) is 1.74. The van der Waals surface area contributed by atoms with Gasteiger partial charge in [-0.3, -0.25) is 0 Å². The van der Waals surface area contributed by atoms with Crippen molar-refractivity contribution in [3.63, 3.8) is 0 Å². The van der Waals surface area contributed by atoms with E-state index >= 15 is 0 Å². The summed E-state index contributed by atoms with van der Waals surface area (Å²) in [6, 6.07) is 0. The molecular weight excluding hydrogens is 164 g/mol. The summed E-state index contributed by atoms with van der Waals surface area (Å²) in [4.78, 5) is 10.6. The molecule has 0 aliphatic rings. The van der Waals surface area contributed by atoms with Crippen LogP contribution in [-0.2, 0) is 9.53 Å². The van der Waals surface area contributed by atoms with Crippen LogP contribution in [0.15, 0.2) is 0 Å². The van der Waals surface area contributed by atoms with Gasteiger partial charge in [-0.05, 0) is 26.7 Å². The quantitative estimate of drug-likeness (QED) is 0.284. The Hall–Kier alpha value is -1.41. The first-order valence-electron chi connectivity index (χ1n) is 4.27. The fourth-order valence-corrected chi connectivity index (χ4v) is 0.879. The van der Waals surface area contributed by atoms with E-state index in [2.05, 4.69) is 11.8 Å². The monoisotopic (exact) mass is 178 g/mol. The van der Waals surface area contributed by atoms with Gasteiger partial charge in [0, 0.05) is 12.3 Å². The minimum absolute atomic E-state index is 0.109. The van der Waals surface area contributed by atoms with Crippen LogP contribution in [0.3, 0.4) is 0 Å². The molecule has 2 nitrogen and oxygen atoms in total. The summed E-state index contributed by atoms with van der Waals surface area (Å²) < 4.78 is 4.86. The van der Waals surface area contributed by atoms with Gasteiger partial charge in [0.1, 0.15) is 6.10 Å². The second kappa shape index (κ2) is 7.25. The maximum atomic E-state index is 10.6. The third-order valence-electron chi connectivity index (χ3n) is 1.52. The highest BCUT2D eigenvalue weighted by molar-refractivity contribution is 5.87. The Labute approximate surface area is 79.7 Å². The Kier molecular flexibility index (Phi) is 6.46. The van der Waals surface area contributed by atoms with Gasteiger partial charge in [-0.2, -0.15) is 0 Å². The van der Waals surface area contributed by atoms with Crippen molar-refractivity contribution in [1.82, 2.24) is 0 Å². The average Bonchev–Trinajstić information content (AvgIpc) is 2.12. The molecule has 70 valence electrons. The van der Waals surface area contributed by atoms with E-state index in [1.165, 1.54) is 0 Å². The molecule has 0 spiro atoms. The standard InChI is InChI=1S/C11H14O2/c1-4-6-7-8-9-10(3)13-11(12)5-2/h2,10H,7-9H2,1,3H3/t10-/m1/s1. The third kappa shape index (κ3) is 6.97. The van der Waals surface area contributed by atoms with Gasteiger partial charge in [0.05, 0.1) is 0 Å². The van der Waals surface area contributed by atoms with Gasteiger partial charge in [0.2, 0.25) is 0 Å². The summed E-state index contributed by atoms with van der Waals surface area (Å²) in [5, 5.41) is 0. The molecule has 0 aliphatic heterocycles. The number of esters is 1. The first-order valence-corrected chi connectivity index (χ1v) is 4.27. The van der Waals surface area contributed by atoms with E-state index in [1.807, 2.05) is 19.8 Å². The molecule has 0 N–H and O–H groups in total. The van der Waals surface area contributed by atoms with Gasteiger partial charge in [-0.25, -0.2) is 4.79 Å². The highest BCUT2D eigenvalue weighted by Gasteiger charge is 2.05. The smallest absolute Gasteiger partial charge is 0.384 e. The van der Waals surface area contributed by atoms with Gasteiger partial charge in [0.25, 0.3) is 0 Å². The largest absolute Gasteiger partial charge is 0.453 e. The van der Waals surface area contributed by atoms with Gasteiger partial charge < -0.3 is 4.74 Å². The number of hydrogen-bond donors (Lipinski definition) is 0. The topological polar surface area (TPSA) is 26.3 Å². The fourth-order valence-electron chi connectivity index (χ4n) is 0.879. The molecule has 2 heteroatoms. The van der Waals surface area contributed by atoms with E-state index in [4.69, 9.17) is 11.2 Å². The first kappa shape index (κ1) is 11.6. The molecule has 0 radical (unpaired) electrons. The minimum atomic E-state index is -0.589.